The number of hydrogen-bond donors (Lipinski definition) is 0. The van der Waals surface area contributed by atoms with Gasteiger partial charge >= 0.3 is 0 Å². The lowest BCUT2D eigenvalue weighted by Gasteiger charge is -2.34. The molecule has 0 saturated carbocycles. The summed E-state index contributed by atoms with van der Waals surface area (Å²) in [6, 6.07) is 15.5. The van der Waals surface area contributed by atoms with Crippen molar-refractivity contribution >= 4 is 35.0 Å². The van der Waals surface area contributed by atoms with Crippen LogP contribution in [0.3, 0.4) is 0 Å². The molecule has 3 heterocycles. The van der Waals surface area contributed by atoms with Gasteiger partial charge in [0.15, 0.2) is 5.69 Å². The summed E-state index contributed by atoms with van der Waals surface area (Å²) in [5, 5.41) is 5.52. The molecule has 0 bridgehead atoms. The van der Waals surface area contributed by atoms with E-state index in [1.807, 2.05) is 4.90 Å². The molecule has 2 aliphatic heterocycles. The Balaban J connectivity index is 1.22. The highest BCUT2D eigenvalue weighted by molar-refractivity contribution is 6.36. The number of carbonyl (C=O) groups excluding carboxylic acids is 2. The molecule has 0 N–H and O–H groups in total. The Morgan fingerprint density at radius 3 is 2.29 bits per heavy atom. The van der Waals surface area contributed by atoms with Crippen LogP contribution >= 0.6 is 23.2 Å². The van der Waals surface area contributed by atoms with E-state index in [1.54, 1.807) is 33.8 Å². The first-order valence-corrected chi connectivity index (χ1v) is 12.5. The second-order valence-corrected chi connectivity index (χ2v) is 9.93. The summed E-state index contributed by atoms with van der Waals surface area (Å²) in [7, 11) is 0. The number of carbonyl (C=O) groups is 2. The van der Waals surface area contributed by atoms with Gasteiger partial charge in [-0.3, -0.25) is 19.2 Å². The fraction of sp³-hybridized carbons (Fsp3) is 0.346. The number of piperazine rings is 1. The Kier molecular flexibility index (Phi) is 6.82. The standard InChI is InChI=1S/C26H27Cl2N5O2/c1-18-5-7-19(8-6-18)16-30-9-11-31(12-10-30)25(34)23-15-24-26(35)32(13-14-33(24)29-23)17-20-21(27)3-2-4-22(20)28/h2-8,15H,9-14,16-17H2,1H3. The minimum absolute atomic E-state index is 0.129. The van der Waals surface area contributed by atoms with Gasteiger partial charge in [-0.15, -0.1) is 0 Å². The van der Waals surface area contributed by atoms with Crippen LogP contribution in [0.1, 0.15) is 37.7 Å². The zero-order valence-electron chi connectivity index (χ0n) is 19.6. The van der Waals surface area contributed by atoms with Gasteiger partial charge in [-0.1, -0.05) is 59.1 Å². The van der Waals surface area contributed by atoms with E-state index in [4.69, 9.17) is 23.2 Å². The van der Waals surface area contributed by atoms with Gasteiger partial charge in [0.05, 0.1) is 6.54 Å². The normalized spacial score (nSPS) is 16.5. The molecule has 0 aliphatic carbocycles. The van der Waals surface area contributed by atoms with E-state index in [9.17, 15) is 9.59 Å². The summed E-state index contributed by atoms with van der Waals surface area (Å²) in [6.07, 6.45) is 0. The second kappa shape index (κ2) is 10.0. The first-order chi connectivity index (χ1) is 16.9. The molecule has 1 aromatic heterocycles. The topological polar surface area (TPSA) is 61.7 Å². The van der Waals surface area contributed by atoms with Crippen molar-refractivity contribution in [3.8, 4) is 0 Å². The van der Waals surface area contributed by atoms with Crippen molar-refractivity contribution < 1.29 is 9.59 Å². The van der Waals surface area contributed by atoms with Crippen LogP contribution in [0.2, 0.25) is 10.0 Å². The van der Waals surface area contributed by atoms with Gasteiger partial charge in [-0.25, -0.2) is 0 Å². The fourth-order valence-electron chi connectivity index (χ4n) is 4.59. The Hall–Kier alpha value is -2.87. The molecular formula is C26H27Cl2N5O2. The first kappa shape index (κ1) is 23.9. The molecule has 0 radical (unpaired) electrons. The number of fused-ring (bicyclic) bond motifs is 1. The molecule has 0 atom stereocenters. The van der Waals surface area contributed by atoms with E-state index in [2.05, 4.69) is 41.2 Å². The second-order valence-electron chi connectivity index (χ2n) is 9.12. The third-order valence-electron chi connectivity index (χ3n) is 6.68. The van der Waals surface area contributed by atoms with E-state index in [-0.39, 0.29) is 11.8 Å². The summed E-state index contributed by atoms with van der Waals surface area (Å²) in [5.74, 6) is -0.308. The van der Waals surface area contributed by atoms with Crippen LogP contribution in [-0.2, 0) is 19.6 Å². The van der Waals surface area contributed by atoms with Crippen LogP contribution in [0.5, 0.6) is 0 Å². The van der Waals surface area contributed by atoms with E-state index in [0.29, 0.717) is 54.2 Å². The van der Waals surface area contributed by atoms with E-state index in [0.717, 1.165) is 25.2 Å². The summed E-state index contributed by atoms with van der Waals surface area (Å²) in [4.78, 5) is 32.2. The van der Waals surface area contributed by atoms with Gasteiger partial charge in [0.1, 0.15) is 5.69 Å². The number of hydrogen-bond acceptors (Lipinski definition) is 4. The average molecular weight is 512 g/mol. The summed E-state index contributed by atoms with van der Waals surface area (Å²) >= 11 is 12.6. The van der Waals surface area contributed by atoms with Gasteiger partial charge in [0.25, 0.3) is 11.8 Å². The lowest BCUT2D eigenvalue weighted by atomic mass is 10.1. The monoisotopic (exact) mass is 511 g/mol. The van der Waals surface area contributed by atoms with Crippen LogP contribution in [-0.4, -0.2) is 69.0 Å². The minimum Gasteiger partial charge on any atom is -0.335 e. The molecule has 35 heavy (non-hydrogen) atoms. The van der Waals surface area contributed by atoms with Crippen LogP contribution in [0.4, 0.5) is 0 Å². The van der Waals surface area contributed by atoms with Crippen LogP contribution in [0.25, 0.3) is 0 Å². The zero-order chi connectivity index (χ0) is 24.5. The quantitative estimate of drug-likeness (QED) is 0.517. The molecule has 0 spiro atoms. The Morgan fingerprint density at radius 1 is 0.914 bits per heavy atom. The van der Waals surface area contributed by atoms with Crippen molar-refractivity contribution in [3.05, 3.63) is 86.7 Å². The highest BCUT2D eigenvalue weighted by Gasteiger charge is 2.31. The maximum absolute atomic E-state index is 13.2. The third kappa shape index (κ3) is 5.08. The number of amides is 2. The van der Waals surface area contributed by atoms with Crippen molar-refractivity contribution in [1.29, 1.82) is 0 Å². The Morgan fingerprint density at radius 2 is 1.60 bits per heavy atom. The number of rotatable bonds is 5. The minimum atomic E-state index is -0.179. The van der Waals surface area contributed by atoms with Crippen LogP contribution in [0, 0.1) is 6.92 Å². The van der Waals surface area contributed by atoms with Gasteiger partial charge in [-0.05, 0) is 24.6 Å². The third-order valence-corrected chi connectivity index (χ3v) is 7.39. The first-order valence-electron chi connectivity index (χ1n) is 11.8. The lowest BCUT2D eigenvalue weighted by molar-refractivity contribution is 0.0619. The maximum atomic E-state index is 13.2. The van der Waals surface area contributed by atoms with E-state index >= 15 is 0 Å². The molecule has 2 amide bonds. The van der Waals surface area contributed by atoms with Crippen molar-refractivity contribution in [3.63, 3.8) is 0 Å². The molecule has 9 heteroatoms. The van der Waals surface area contributed by atoms with Gasteiger partial charge in [0, 0.05) is 67.5 Å². The van der Waals surface area contributed by atoms with Crippen LogP contribution in [0.15, 0.2) is 48.5 Å². The molecule has 0 unspecified atom stereocenters. The molecule has 1 fully saturated rings. The number of halogens is 2. The number of aryl methyl sites for hydroxylation is 1. The molecule has 182 valence electrons. The predicted octanol–water partition coefficient (Wildman–Crippen LogP) is 4.11. The smallest absolute Gasteiger partial charge is 0.274 e. The van der Waals surface area contributed by atoms with Crippen LogP contribution < -0.4 is 0 Å². The van der Waals surface area contributed by atoms with Crippen molar-refractivity contribution in [2.75, 3.05) is 32.7 Å². The molecule has 2 aromatic carbocycles. The van der Waals surface area contributed by atoms with Crippen molar-refractivity contribution in [2.24, 2.45) is 0 Å². The summed E-state index contributed by atoms with van der Waals surface area (Å²) in [5.41, 5.74) is 3.98. The van der Waals surface area contributed by atoms with E-state index < -0.39 is 0 Å². The predicted molar refractivity (Wildman–Crippen MR) is 136 cm³/mol. The van der Waals surface area contributed by atoms with Gasteiger partial charge < -0.3 is 9.80 Å². The van der Waals surface area contributed by atoms with Crippen molar-refractivity contribution in [2.45, 2.75) is 26.6 Å². The zero-order valence-corrected chi connectivity index (χ0v) is 21.1. The molecule has 2 aliphatic rings. The lowest BCUT2D eigenvalue weighted by Crippen LogP contribution is -2.48. The Bertz CT molecular complexity index is 1230. The number of nitrogens with zero attached hydrogens (tertiary/aromatic N) is 5. The summed E-state index contributed by atoms with van der Waals surface area (Å²) < 4.78 is 1.63. The molecular weight excluding hydrogens is 485 g/mol. The maximum Gasteiger partial charge on any atom is 0.274 e. The number of aromatic nitrogens is 2. The number of benzene rings is 2. The largest absolute Gasteiger partial charge is 0.335 e. The molecule has 1 saturated heterocycles. The molecule has 3 aromatic rings. The van der Waals surface area contributed by atoms with Gasteiger partial charge in [-0.2, -0.15) is 5.10 Å². The SMILES string of the molecule is Cc1ccc(CN2CCN(C(=O)c3cc4n(n3)CCN(Cc3c(Cl)cccc3Cl)C4=O)CC2)cc1. The van der Waals surface area contributed by atoms with E-state index in [1.165, 1.54) is 11.1 Å². The Labute approximate surface area is 214 Å². The summed E-state index contributed by atoms with van der Waals surface area (Å²) in [6.45, 7) is 7.14. The average Bonchev–Trinajstić information content (AvgIpc) is 3.30. The van der Waals surface area contributed by atoms with Gasteiger partial charge in [0.2, 0.25) is 0 Å². The molecule has 7 nitrogen and oxygen atoms in total. The fourth-order valence-corrected chi connectivity index (χ4v) is 5.11. The molecule has 5 rings (SSSR count). The van der Waals surface area contributed by atoms with Crippen molar-refractivity contribution in [1.82, 2.24) is 24.5 Å². The highest BCUT2D eigenvalue weighted by atomic mass is 35.5. The highest BCUT2D eigenvalue weighted by Crippen LogP contribution is 2.27.